The summed E-state index contributed by atoms with van der Waals surface area (Å²) in [6.07, 6.45) is -2.88. The Morgan fingerprint density at radius 2 is 1.38 bits per heavy atom. The molecule has 1 heterocycles. The quantitative estimate of drug-likeness (QED) is 0.619. The van der Waals surface area contributed by atoms with Crippen LogP contribution in [0.1, 0.15) is 13.8 Å². The van der Waals surface area contributed by atoms with Crippen LogP contribution in [0.3, 0.4) is 0 Å². The van der Waals surface area contributed by atoms with Gasteiger partial charge in [-0.05, 0) is 13.8 Å². The number of aliphatic carboxylic acids is 2. The first-order valence-electron chi connectivity index (χ1n) is 3.65. The highest BCUT2D eigenvalue weighted by Crippen LogP contribution is 2.28. The third-order valence-corrected chi connectivity index (χ3v) is 1.58. The van der Waals surface area contributed by atoms with Crippen molar-refractivity contribution >= 4 is 11.9 Å². The van der Waals surface area contributed by atoms with Gasteiger partial charge in [-0.1, -0.05) is 0 Å². The van der Waals surface area contributed by atoms with Gasteiger partial charge < -0.3 is 19.7 Å². The van der Waals surface area contributed by atoms with Crippen molar-refractivity contribution in [2.75, 3.05) is 0 Å². The van der Waals surface area contributed by atoms with Gasteiger partial charge in [0.2, 0.25) is 0 Å². The molecule has 0 aromatic rings. The van der Waals surface area contributed by atoms with E-state index >= 15 is 0 Å². The van der Waals surface area contributed by atoms with Gasteiger partial charge in [0.25, 0.3) is 0 Å². The molecule has 0 aromatic carbocycles. The van der Waals surface area contributed by atoms with Crippen LogP contribution < -0.4 is 0 Å². The lowest BCUT2D eigenvalue weighted by Gasteiger charge is -2.15. The normalized spacial score (nSPS) is 31.5. The zero-order valence-electron chi connectivity index (χ0n) is 7.18. The van der Waals surface area contributed by atoms with Crippen molar-refractivity contribution in [3.63, 3.8) is 0 Å². The molecule has 0 aliphatic carbocycles. The molecule has 2 N–H and O–H groups in total. The van der Waals surface area contributed by atoms with Crippen molar-refractivity contribution in [1.82, 2.24) is 0 Å². The number of ether oxygens (including phenoxy) is 2. The summed E-state index contributed by atoms with van der Waals surface area (Å²) in [6, 6.07) is 0. The first kappa shape index (κ1) is 9.94. The molecule has 0 bridgehead atoms. The molecule has 6 nitrogen and oxygen atoms in total. The number of carbonyl (C=O) groups is 2. The van der Waals surface area contributed by atoms with Gasteiger partial charge in [-0.15, -0.1) is 0 Å². The number of carboxylic acids is 2. The average molecular weight is 190 g/mol. The Kier molecular flexibility index (Phi) is 2.27. The van der Waals surface area contributed by atoms with Crippen molar-refractivity contribution in [1.29, 1.82) is 0 Å². The number of carboxylic acid groups (broad SMARTS) is 2. The van der Waals surface area contributed by atoms with Gasteiger partial charge in [-0.25, -0.2) is 9.59 Å². The minimum Gasteiger partial charge on any atom is -0.479 e. The van der Waals surface area contributed by atoms with Crippen molar-refractivity contribution in [2.24, 2.45) is 0 Å². The van der Waals surface area contributed by atoms with Gasteiger partial charge in [0.1, 0.15) is 0 Å². The number of rotatable bonds is 2. The first-order valence-corrected chi connectivity index (χ1v) is 3.65. The van der Waals surface area contributed by atoms with E-state index in [1.165, 1.54) is 13.8 Å². The zero-order valence-corrected chi connectivity index (χ0v) is 7.18. The molecule has 13 heavy (non-hydrogen) atoms. The summed E-state index contributed by atoms with van der Waals surface area (Å²) < 4.78 is 9.76. The molecular weight excluding hydrogens is 180 g/mol. The van der Waals surface area contributed by atoms with E-state index in [-0.39, 0.29) is 0 Å². The average Bonchev–Trinajstić information content (AvgIpc) is 2.26. The summed E-state index contributed by atoms with van der Waals surface area (Å²) in [5.41, 5.74) is 0. The zero-order chi connectivity index (χ0) is 10.2. The van der Waals surface area contributed by atoms with Gasteiger partial charge >= 0.3 is 11.9 Å². The molecule has 0 aromatic heterocycles. The molecule has 0 spiro atoms. The maximum atomic E-state index is 10.5. The third kappa shape index (κ3) is 1.96. The SMILES string of the molecule is CC1(C)OC(C(=O)O)[C@H](C(=O)O)O1. The Hall–Kier alpha value is -1.14. The number of hydrogen-bond donors (Lipinski definition) is 2. The molecule has 0 radical (unpaired) electrons. The fourth-order valence-corrected chi connectivity index (χ4v) is 1.12. The molecular formula is C7H10O6. The molecule has 1 aliphatic heterocycles. The fourth-order valence-electron chi connectivity index (χ4n) is 1.12. The van der Waals surface area contributed by atoms with Gasteiger partial charge in [-0.3, -0.25) is 0 Å². The van der Waals surface area contributed by atoms with E-state index in [1.807, 2.05) is 0 Å². The van der Waals surface area contributed by atoms with Crippen LogP contribution in [0.5, 0.6) is 0 Å². The van der Waals surface area contributed by atoms with Crippen LogP contribution in [-0.2, 0) is 19.1 Å². The van der Waals surface area contributed by atoms with Crippen molar-refractivity contribution < 1.29 is 29.3 Å². The highest BCUT2D eigenvalue weighted by Gasteiger charge is 2.49. The van der Waals surface area contributed by atoms with Gasteiger partial charge in [0.15, 0.2) is 18.0 Å². The second-order valence-corrected chi connectivity index (χ2v) is 3.15. The van der Waals surface area contributed by atoms with Crippen LogP contribution in [0.4, 0.5) is 0 Å². The monoisotopic (exact) mass is 190 g/mol. The van der Waals surface area contributed by atoms with Crippen LogP contribution in [0.25, 0.3) is 0 Å². The lowest BCUT2D eigenvalue weighted by Crippen LogP contribution is -2.36. The smallest absolute Gasteiger partial charge is 0.336 e. The Bertz CT molecular complexity index is 221. The standard InChI is InChI=1S/C7H10O6/c1-7(2)12-3(5(8)9)4(13-7)6(10)11/h3-4H,1-2H3,(H,8,9)(H,10,11)/t3-,4?/m1/s1. The van der Waals surface area contributed by atoms with E-state index in [1.54, 1.807) is 0 Å². The Morgan fingerprint density at radius 3 is 1.62 bits per heavy atom. The third-order valence-electron chi connectivity index (χ3n) is 1.58. The van der Waals surface area contributed by atoms with Crippen molar-refractivity contribution in [3.8, 4) is 0 Å². The molecule has 1 fully saturated rings. The van der Waals surface area contributed by atoms with Crippen LogP contribution in [0, 0.1) is 0 Å². The van der Waals surface area contributed by atoms with Gasteiger partial charge in [0, 0.05) is 0 Å². The van der Waals surface area contributed by atoms with Gasteiger partial charge in [0.05, 0.1) is 0 Å². The Balaban J connectivity index is 2.83. The van der Waals surface area contributed by atoms with Crippen LogP contribution in [0.2, 0.25) is 0 Å². The molecule has 1 aliphatic rings. The van der Waals surface area contributed by atoms with E-state index in [0.717, 1.165) is 0 Å². The van der Waals surface area contributed by atoms with Crippen LogP contribution in [-0.4, -0.2) is 40.1 Å². The Morgan fingerprint density at radius 1 is 1.08 bits per heavy atom. The molecule has 0 saturated carbocycles. The molecule has 6 heteroatoms. The summed E-state index contributed by atoms with van der Waals surface area (Å²) in [5.74, 6) is -3.83. The summed E-state index contributed by atoms with van der Waals surface area (Å²) in [5, 5.41) is 17.2. The van der Waals surface area contributed by atoms with E-state index in [9.17, 15) is 9.59 Å². The van der Waals surface area contributed by atoms with E-state index in [2.05, 4.69) is 0 Å². The second kappa shape index (κ2) is 2.97. The number of hydrogen-bond acceptors (Lipinski definition) is 4. The van der Waals surface area contributed by atoms with Crippen LogP contribution in [0.15, 0.2) is 0 Å². The highest BCUT2D eigenvalue weighted by molar-refractivity contribution is 5.84. The van der Waals surface area contributed by atoms with Crippen molar-refractivity contribution in [2.45, 2.75) is 31.8 Å². The topological polar surface area (TPSA) is 93.1 Å². The predicted octanol–water partition coefficient (Wildman–Crippen LogP) is -0.324. The van der Waals surface area contributed by atoms with E-state index in [4.69, 9.17) is 19.7 Å². The summed E-state index contributed by atoms with van der Waals surface area (Å²) >= 11 is 0. The molecule has 74 valence electrons. The molecule has 1 saturated heterocycles. The predicted molar refractivity (Wildman–Crippen MR) is 39.1 cm³/mol. The van der Waals surface area contributed by atoms with Crippen molar-refractivity contribution in [3.05, 3.63) is 0 Å². The second-order valence-electron chi connectivity index (χ2n) is 3.15. The maximum absolute atomic E-state index is 10.5. The van der Waals surface area contributed by atoms with Crippen LogP contribution >= 0.6 is 0 Å². The minimum absolute atomic E-state index is 1.16. The molecule has 2 atom stereocenters. The lowest BCUT2D eigenvalue weighted by molar-refractivity contribution is -0.169. The molecule has 1 unspecified atom stereocenters. The van der Waals surface area contributed by atoms with E-state index in [0.29, 0.717) is 0 Å². The molecule has 1 rings (SSSR count). The summed E-state index contributed by atoms with van der Waals surface area (Å²) in [6.45, 7) is 2.93. The van der Waals surface area contributed by atoms with Gasteiger partial charge in [-0.2, -0.15) is 0 Å². The first-order chi connectivity index (χ1) is 5.83. The minimum atomic E-state index is -1.44. The summed E-state index contributed by atoms with van der Waals surface area (Å²) in [7, 11) is 0. The van der Waals surface area contributed by atoms with E-state index < -0.39 is 29.9 Å². The molecule has 0 amide bonds. The summed E-state index contributed by atoms with van der Waals surface area (Å²) in [4.78, 5) is 21.1. The largest absolute Gasteiger partial charge is 0.479 e. The fraction of sp³-hybridized carbons (Fsp3) is 0.714. The lowest BCUT2D eigenvalue weighted by atomic mass is 10.2. The maximum Gasteiger partial charge on any atom is 0.336 e. The highest BCUT2D eigenvalue weighted by atomic mass is 16.8. The Labute approximate surface area is 74.1 Å².